The summed E-state index contributed by atoms with van der Waals surface area (Å²) in [5.41, 5.74) is -0.884. The number of hydrogen-bond acceptors (Lipinski definition) is 9. The first-order valence-electron chi connectivity index (χ1n) is 9.16. The van der Waals surface area contributed by atoms with E-state index in [2.05, 4.69) is 0 Å². The molecule has 3 rings (SSSR count). The molecule has 1 aliphatic carbocycles. The van der Waals surface area contributed by atoms with Crippen LogP contribution in [0.15, 0.2) is 30.3 Å². The van der Waals surface area contributed by atoms with Gasteiger partial charge in [0.2, 0.25) is 0 Å². The second kappa shape index (κ2) is 8.24. The number of ether oxygens (including phenoxy) is 3. The predicted octanol–water partition coefficient (Wildman–Crippen LogP) is 0.283. The third-order valence-corrected chi connectivity index (χ3v) is 4.72. The highest BCUT2D eigenvalue weighted by Crippen LogP contribution is 2.41. The maximum Gasteiger partial charge on any atom is 0.565 e. The largest absolute Gasteiger partial charge is 0.565 e. The molecule has 1 aliphatic heterocycles. The van der Waals surface area contributed by atoms with Crippen molar-refractivity contribution in [1.82, 2.24) is 0 Å². The first-order chi connectivity index (χ1) is 13.7. The van der Waals surface area contributed by atoms with E-state index >= 15 is 0 Å². The van der Waals surface area contributed by atoms with E-state index in [1.807, 2.05) is 6.07 Å². The molecule has 1 spiro atoms. The molecule has 1 saturated carbocycles. The minimum Gasteiger partial charge on any atom is -0.504 e. The smallest absolute Gasteiger partial charge is 0.504 e. The van der Waals surface area contributed by atoms with Gasteiger partial charge >= 0.3 is 31.0 Å². The van der Waals surface area contributed by atoms with Crippen molar-refractivity contribution in [2.24, 2.45) is 0 Å². The van der Waals surface area contributed by atoms with Crippen molar-refractivity contribution in [2.45, 2.75) is 57.5 Å². The van der Waals surface area contributed by atoms with Crippen molar-refractivity contribution < 1.29 is 42.7 Å². The summed E-state index contributed by atoms with van der Waals surface area (Å²) >= 11 is 0. The number of carbonyl (C=O) groups excluding carboxylic acids is 4. The lowest BCUT2D eigenvalue weighted by Crippen LogP contribution is -2.59. The Bertz CT molecular complexity index is 783. The van der Waals surface area contributed by atoms with E-state index in [0.717, 1.165) is 0 Å². The summed E-state index contributed by atoms with van der Waals surface area (Å²) in [4.78, 5) is 47.6. The van der Waals surface area contributed by atoms with Crippen LogP contribution in [0.25, 0.3) is 0 Å². The lowest BCUT2D eigenvalue weighted by molar-refractivity contribution is -0.205. The molecule has 0 amide bonds. The average Bonchev–Trinajstić information content (AvgIpc) is 2.93. The molecular weight excluding hydrogens is 383 g/mol. The van der Waals surface area contributed by atoms with Crippen LogP contribution in [0.4, 0.5) is 0 Å². The molecule has 0 radical (unpaired) electrons. The van der Waals surface area contributed by atoms with Gasteiger partial charge in [-0.2, -0.15) is 0 Å². The van der Waals surface area contributed by atoms with Gasteiger partial charge in [0.25, 0.3) is 0 Å². The summed E-state index contributed by atoms with van der Waals surface area (Å²) in [6, 6.07) is 8.86. The fraction of sp³-hybridized carbons (Fsp3) is 0.474. The summed E-state index contributed by atoms with van der Waals surface area (Å²) in [6.07, 6.45) is -3.40. The maximum atomic E-state index is 12.8. The summed E-state index contributed by atoms with van der Waals surface area (Å²) in [5.74, 6) is -2.59. The third kappa shape index (κ3) is 4.59. The Hall–Kier alpha value is -2.88. The van der Waals surface area contributed by atoms with Crippen LogP contribution < -0.4 is 5.46 Å². The van der Waals surface area contributed by atoms with Gasteiger partial charge < -0.3 is 23.5 Å². The number of carbonyl (C=O) groups is 4. The molecule has 154 valence electrons. The second-order valence-electron chi connectivity index (χ2n) is 7.04. The Morgan fingerprint density at radius 3 is 1.93 bits per heavy atom. The van der Waals surface area contributed by atoms with E-state index in [1.54, 1.807) is 24.3 Å². The third-order valence-electron chi connectivity index (χ3n) is 4.72. The van der Waals surface area contributed by atoms with Crippen LogP contribution in [0.5, 0.6) is 0 Å². The van der Waals surface area contributed by atoms with Crippen LogP contribution >= 0.6 is 0 Å². The number of benzene rings is 1. The molecular formula is C19H21BO9. The zero-order valence-corrected chi connectivity index (χ0v) is 16.3. The molecule has 1 aromatic rings. The molecule has 10 heteroatoms. The Labute approximate surface area is 167 Å². The van der Waals surface area contributed by atoms with Gasteiger partial charge in [-0.15, -0.1) is 0 Å². The minimum atomic E-state index is -1.52. The summed E-state index contributed by atoms with van der Waals surface area (Å²) in [6.45, 7) is 3.56. The quantitative estimate of drug-likeness (QED) is 0.397. The Morgan fingerprint density at radius 1 is 0.931 bits per heavy atom. The van der Waals surface area contributed by atoms with Gasteiger partial charge in [0.05, 0.1) is 0 Å². The number of hydrogen-bond donors (Lipinski definition) is 0. The van der Waals surface area contributed by atoms with Gasteiger partial charge in [-0.25, -0.2) is 0 Å². The lowest BCUT2D eigenvalue weighted by atomic mass is 9.76. The Morgan fingerprint density at radius 2 is 1.45 bits per heavy atom. The molecule has 2 aliphatic rings. The second-order valence-corrected chi connectivity index (χ2v) is 7.04. The van der Waals surface area contributed by atoms with Crippen LogP contribution in [0, 0.1) is 0 Å². The number of rotatable bonds is 4. The van der Waals surface area contributed by atoms with E-state index < -0.39 is 54.9 Å². The van der Waals surface area contributed by atoms with Crippen LogP contribution in [-0.4, -0.2) is 54.9 Å². The van der Waals surface area contributed by atoms with E-state index in [-0.39, 0.29) is 12.8 Å². The van der Waals surface area contributed by atoms with Crippen LogP contribution in [0.2, 0.25) is 0 Å². The molecule has 9 nitrogen and oxygen atoms in total. The SMILES string of the molecule is CC(=O)OC1[C@H](OC(C)=O)CC2(C[C@H]1OC(C)=O)OB(c1ccccc1)OC2=O. The lowest BCUT2D eigenvalue weighted by Gasteiger charge is -2.42. The zero-order valence-electron chi connectivity index (χ0n) is 16.3. The standard InChI is InChI=1S/C19H21BO9/c1-11(21)25-15-9-19(10-16(26-12(2)22)17(15)27-13(3)23)18(24)28-20(29-19)14-7-5-4-6-8-14/h4-8,15-17H,9-10H2,1-3H3/t15-,16-,17?,19?/m1/s1. The van der Waals surface area contributed by atoms with Crippen LogP contribution in [0.1, 0.15) is 33.6 Å². The van der Waals surface area contributed by atoms with Crippen molar-refractivity contribution in [3.63, 3.8) is 0 Å². The van der Waals surface area contributed by atoms with Crippen molar-refractivity contribution in [1.29, 1.82) is 0 Å². The van der Waals surface area contributed by atoms with Crippen LogP contribution in [0.3, 0.4) is 0 Å². The van der Waals surface area contributed by atoms with E-state index in [1.165, 1.54) is 20.8 Å². The zero-order chi connectivity index (χ0) is 21.2. The van der Waals surface area contributed by atoms with Gasteiger partial charge in [0.1, 0.15) is 12.2 Å². The molecule has 1 aromatic carbocycles. The summed E-state index contributed by atoms with van der Waals surface area (Å²) in [7, 11) is -0.954. The van der Waals surface area contributed by atoms with E-state index in [0.29, 0.717) is 5.46 Å². The Balaban J connectivity index is 1.92. The predicted molar refractivity (Wildman–Crippen MR) is 97.6 cm³/mol. The van der Waals surface area contributed by atoms with Crippen molar-refractivity contribution >= 4 is 36.5 Å². The highest BCUT2D eigenvalue weighted by Gasteiger charge is 2.61. The van der Waals surface area contributed by atoms with Crippen molar-refractivity contribution in [3.05, 3.63) is 30.3 Å². The van der Waals surface area contributed by atoms with E-state index in [4.69, 9.17) is 23.5 Å². The van der Waals surface area contributed by atoms with E-state index in [9.17, 15) is 19.2 Å². The fourth-order valence-corrected chi connectivity index (χ4v) is 3.68. The Kier molecular flexibility index (Phi) is 5.92. The first-order valence-corrected chi connectivity index (χ1v) is 9.16. The normalized spacial score (nSPS) is 28.6. The van der Waals surface area contributed by atoms with Crippen LogP contribution in [-0.2, 0) is 42.7 Å². The highest BCUT2D eigenvalue weighted by molar-refractivity contribution is 6.64. The highest BCUT2D eigenvalue weighted by atomic mass is 16.7. The van der Waals surface area contributed by atoms with Crippen molar-refractivity contribution in [3.8, 4) is 0 Å². The molecule has 0 bridgehead atoms. The van der Waals surface area contributed by atoms with Gasteiger partial charge in [-0.05, 0) is 5.46 Å². The molecule has 2 fully saturated rings. The molecule has 0 unspecified atom stereocenters. The summed E-state index contributed by atoms with van der Waals surface area (Å²) in [5, 5.41) is 0. The minimum absolute atomic E-state index is 0.107. The van der Waals surface area contributed by atoms with Crippen molar-refractivity contribution in [2.75, 3.05) is 0 Å². The topological polar surface area (TPSA) is 114 Å². The number of esters is 3. The fourth-order valence-electron chi connectivity index (χ4n) is 3.68. The molecule has 0 aromatic heterocycles. The summed E-state index contributed by atoms with van der Waals surface area (Å²) < 4.78 is 27.2. The van der Waals surface area contributed by atoms with Gasteiger partial charge in [-0.1, -0.05) is 30.3 Å². The molecule has 1 saturated heterocycles. The van der Waals surface area contributed by atoms with Gasteiger partial charge in [0, 0.05) is 33.6 Å². The monoisotopic (exact) mass is 404 g/mol. The van der Waals surface area contributed by atoms with Gasteiger partial charge in [-0.3, -0.25) is 19.2 Å². The molecule has 2 atom stereocenters. The average molecular weight is 404 g/mol. The molecule has 29 heavy (non-hydrogen) atoms. The first kappa shape index (κ1) is 20.8. The van der Waals surface area contributed by atoms with Gasteiger partial charge in [0.15, 0.2) is 11.7 Å². The molecule has 1 heterocycles. The molecule has 0 N–H and O–H groups in total. The maximum absolute atomic E-state index is 12.8.